The molecule has 1 fully saturated rings. The number of alkyl halides is 1. The Morgan fingerprint density at radius 3 is 2.87 bits per heavy atom. The topological polar surface area (TPSA) is 21.7 Å². The van der Waals surface area contributed by atoms with Gasteiger partial charge in [-0.15, -0.1) is 11.6 Å². The van der Waals surface area contributed by atoms with Gasteiger partial charge in [0.1, 0.15) is 0 Å². The van der Waals surface area contributed by atoms with E-state index in [4.69, 9.17) is 21.1 Å². The van der Waals surface area contributed by atoms with Gasteiger partial charge in [0.05, 0.1) is 19.3 Å². The maximum atomic E-state index is 5.53. The summed E-state index contributed by atoms with van der Waals surface area (Å²) in [7, 11) is 1.80. The van der Waals surface area contributed by atoms with Crippen molar-refractivity contribution in [2.45, 2.75) is 19.4 Å². The van der Waals surface area contributed by atoms with Crippen LogP contribution in [0.4, 0.5) is 0 Å². The van der Waals surface area contributed by atoms with Crippen molar-refractivity contribution in [1.82, 2.24) is 4.90 Å². The highest BCUT2D eigenvalue weighted by molar-refractivity contribution is 6.17. The number of hydrogen-bond acceptors (Lipinski definition) is 3. The fourth-order valence-corrected chi connectivity index (χ4v) is 2.07. The first-order valence-electron chi connectivity index (χ1n) is 5.66. The van der Waals surface area contributed by atoms with Crippen LogP contribution in [0.3, 0.4) is 0 Å². The third kappa shape index (κ3) is 4.68. The van der Waals surface area contributed by atoms with Crippen LogP contribution in [0.25, 0.3) is 0 Å². The van der Waals surface area contributed by atoms with Crippen molar-refractivity contribution in [1.29, 1.82) is 0 Å². The van der Waals surface area contributed by atoms with Crippen molar-refractivity contribution in [3.05, 3.63) is 0 Å². The molecule has 1 saturated heterocycles. The van der Waals surface area contributed by atoms with E-state index in [1.54, 1.807) is 7.11 Å². The minimum atomic E-state index is 0.381. The van der Waals surface area contributed by atoms with Crippen LogP contribution in [0.2, 0.25) is 0 Å². The smallest absolute Gasteiger partial charge is 0.0724 e. The highest BCUT2D eigenvalue weighted by Crippen LogP contribution is 2.18. The van der Waals surface area contributed by atoms with E-state index in [0.29, 0.717) is 24.5 Å². The maximum absolute atomic E-state index is 5.53. The normalized spacial score (nSPS) is 28.2. The number of piperidine rings is 1. The number of likely N-dealkylation sites (tertiary alicyclic amines) is 1. The van der Waals surface area contributed by atoms with Crippen LogP contribution in [0.1, 0.15) is 13.3 Å². The minimum absolute atomic E-state index is 0.381. The quantitative estimate of drug-likeness (QED) is 0.516. The van der Waals surface area contributed by atoms with Gasteiger partial charge in [0.25, 0.3) is 0 Å². The Balaban J connectivity index is 2.14. The molecule has 0 aromatic rings. The van der Waals surface area contributed by atoms with E-state index >= 15 is 0 Å². The van der Waals surface area contributed by atoms with Gasteiger partial charge in [-0.3, -0.25) is 4.90 Å². The predicted octanol–water partition coefficient (Wildman–Crippen LogP) is 1.60. The van der Waals surface area contributed by atoms with Crippen molar-refractivity contribution in [3.63, 3.8) is 0 Å². The Hall–Kier alpha value is 0.170. The van der Waals surface area contributed by atoms with Crippen LogP contribution in [-0.2, 0) is 9.47 Å². The molecule has 0 bridgehead atoms. The third-order valence-corrected chi connectivity index (χ3v) is 3.20. The SMILES string of the molecule is COC1CN(CCOCCCl)CCC1C. The molecular formula is C11H22ClNO2. The van der Waals surface area contributed by atoms with Crippen LogP contribution in [-0.4, -0.2) is 56.8 Å². The number of rotatable bonds is 6. The molecule has 0 spiro atoms. The van der Waals surface area contributed by atoms with Gasteiger partial charge in [0.15, 0.2) is 0 Å². The Morgan fingerprint density at radius 1 is 1.40 bits per heavy atom. The summed E-state index contributed by atoms with van der Waals surface area (Å²) >= 11 is 5.53. The Kier molecular flexibility index (Phi) is 6.57. The first-order valence-corrected chi connectivity index (χ1v) is 6.20. The van der Waals surface area contributed by atoms with E-state index in [1.165, 1.54) is 6.42 Å². The van der Waals surface area contributed by atoms with Gasteiger partial charge in [-0.25, -0.2) is 0 Å². The second-order valence-corrected chi connectivity index (χ2v) is 4.52. The molecule has 1 heterocycles. The molecule has 0 amide bonds. The summed E-state index contributed by atoms with van der Waals surface area (Å²) in [4.78, 5) is 2.41. The van der Waals surface area contributed by atoms with Crippen LogP contribution in [0.15, 0.2) is 0 Å². The molecule has 1 aliphatic rings. The van der Waals surface area contributed by atoms with E-state index in [2.05, 4.69) is 11.8 Å². The van der Waals surface area contributed by atoms with Crippen molar-refractivity contribution in [2.24, 2.45) is 5.92 Å². The number of hydrogen-bond donors (Lipinski definition) is 0. The average Bonchev–Trinajstić information content (AvgIpc) is 2.26. The molecular weight excluding hydrogens is 214 g/mol. The summed E-state index contributed by atoms with van der Waals surface area (Å²) in [5.41, 5.74) is 0. The molecule has 0 aromatic heterocycles. The monoisotopic (exact) mass is 235 g/mol. The number of nitrogens with zero attached hydrogens (tertiary/aromatic N) is 1. The number of methoxy groups -OCH3 is 1. The van der Waals surface area contributed by atoms with Crippen molar-refractivity contribution in [3.8, 4) is 0 Å². The highest BCUT2D eigenvalue weighted by Gasteiger charge is 2.25. The molecule has 1 aliphatic heterocycles. The Morgan fingerprint density at radius 2 is 2.20 bits per heavy atom. The first kappa shape index (κ1) is 13.2. The molecule has 1 rings (SSSR count). The van der Waals surface area contributed by atoms with Gasteiger partial charge in [0, 0.05) is 26.1 Å². The molecule has 3 nitrogen and oxygen atoms in total. The van der Waals surface area contributed by atoms with Gasteiger partial charge in [-0.05, 0) is 18.9 Å². The number of halogens is 1. The highest BCUT2D eigenvalue weighted by atomic mass is 35.5. The zero-order valence-corrected chi connectivity index (χ0v) is 10.5. The summed E-state index contributed by atoms with van der Waals surface area (Å²) in [6, 6.07) is 0. The lowest BCUT2D eigenvalue weighted by atomic mass is 9.96. The lowest BCUT2D eigenvalue weighted by Crippen LogP contribution is -2.45. The van der Waals surface area contributed by atoms with E-state index in [9.17, 15) is 0 Å². The lowest BCUT2D eigenvalue weighted by molar-refractivity contribution is -0.0128. The zero-order chi connectivity index (χ0) is 11.1. The van der Waals surface area contributed by atoms with Crippen molar-refractivity contribution < 1.29 is 9.47 Å². The zero-order valence-electron chi connectivity index (χ0n) is 9.75. The summed E-state index contributed by atoms with van der Waals surface area (Å²) in [6.07, 6.45) is 1.60. The van der Waals surface area contributed by atoms with Gasteiger partial charge >= 0.3 is 0 Å². The van der Waals surface area contributed by atoms with E-state index in [0.717, 1.165) is 26.2 Å². The van der Waals surface area contributed by atoms with Crippen LogP contribution in [0.5, 0.6) is 0 Å². The Bertz CT molecular complexity index is 169. The van der Waals surface area contributed by atoms with Gasteiger partial charge in [-0.2, -0.15) is 0 Å². The molecule has 0 saturated carbocycles. The first-order chi connectivity index (χ1) is 7.27. The molecule has 2 unspecified atom stereocenters. The van der Waals surface area contributed by atoms with Gasteiger partial charge in [-0.1, -0.05) is 6.92 Å². The molecule has 0 N–H and O–H groups in total. The summed E-state index contributed by atoms with van der Waals surface area (Å²) < 4.78 is 10.8. The standard InChI is InChI=1S/C11H22ClNO2/c1-10-3-5-13(9-11(10)14-2)6-8-15-7-4-12/h10-11H,3-9H2,1-2H3. The fourth-order valence-electron chi connectivity index (χ4n) is 1.96. The van der Waals surface area contributed by atoms with Gasteiger partial charge in [0.2, 0.25) is 0 Å². The molecule has 0 radical (unpaired) electrons. The second-order valence-electron chi connectivity index (χ2n) is 4.14. The van der Waals surface area contributed by atoms with E-state index in [-0.39, 0.29) is 0 Å². The Labute approximate surface area is 97.7 Å². The molecule has 4 heteroatoms. The van der Waals surface area contributed by atoms with Crippen LogP contribution < -0.4 is 0 Å². The van der Waals surface area contributed by atoms with Gasteiger partial charge < -0.3 is 9.47 Å². The summed E-state index contributed by atoms with van der Waals surface area (Å²) in [6.45, 7) is 6.86. The largest absolute Gasteiger partial charge is 0.380 e. The number of ether oxygens (including phenoxy) is 2. The van der Waals surface area contributed by atoms with Crippen molar-refractivity contribution in [2.75, 3.05) is 45.8 Å². The van der Waals surface area contributed by atoms with Crippen LogP contribution >= 0.6 is 11.6 Å². The molecule has 15 heavy (non-hydrogen) atoms. The third-order valence-electron chi connectivity index (χ3n) is 3.05. The summed E-state index contributed by atoms with van der Waals surface area (Å²) in [5, 5.41) is 0. The molecule has 2 atom stereocenters. The maximum Gasteiger partial charge on any atom is 0.0724 e. The molecule has 90 valence electrons. The molecule has 0 aromatic carbocycles. The lowest BCUT2D eigenvalue weighted by Gasteiger charge is -2.36. The molecule has 0 aliphatic carbocycles. The predicted molar refractivity (Wildman–Crippen MR) is 62.6 cm³/mol. The minimum Gasteiger partial charge on any atom is -0.380 e. The fraction of sp³-hybridized carbons (Fsp3) is 1.00. The average molecular weight is 236 g/mol. The second kappa shape index (κ2) is 7.44. The van der Waals surface area contributed by atoms with Crippen LogP contribution in [0, 0.1) is 5.92 Å². The van der Waals surface area contributed by atoms with E-state index < -0.39 is 0 Å². The van der Waals surface area contributed by atoms with E-state index in [1.807, 2.05) is 0 Å². The van der Waals surface area contributed by atoms with Crippen molar-refractivity contribution >= 4 is 11.6 Å². The summed E-state index contributed by atoms with van der Waals surface area (Å²) in [5.74, 6) is 1.26.